The number of esters is 1. The Labute approximate surface area is 224 Å². The first kappa shape index (κ1) is 27.1. The Morgan fingerprint density at radius 1 is 0.795 bits per heavy atom. The molecule has 1 amide bonds. The number of carbonyl (C=O) groups excluding carboxylic acids is 2. The van der Waals surface area contributed by atoms with E-state index in [1.165, 1.54) is 51.5 Å². The topological polar surface area (TPSA) is 146 Å². The Kier molecular flexibility index (Phi) is 8.06. The molecule has 11 nitrogen and oxygen atoms in total. The smallest absolute Gasteiger partial charge is 0.308 e. The van der Waals surface area contributed by atoms with Gasteiger partial charge in [0, 0.05) is 18.2 Å². The molecule has 0 aliphatic rings. The molecule has 2 N–H and O–H groups in total. The first-order valence-corrected chi connectivity index (χ1v) is 13.0. The second kappa shape index (κ2) is 11.6. The number of carbonyl (C=O) groups is 2. The second-order valence-electron chi connectivity index (χ2n) is 8.06. The first-order chi connectivity index (χ1) is 18.7. The fraction of sp³-hybridized carbons (Fsp3) is 0.111. The molecule has 0 radical (unpaired) electrons. The van der Waals surface area contributed by atoms with E-state index in [1.54, 1.807) is 42.5 Å². The molecule has 4 aromatic rings. The van der Waals surface area contributed by atoms with Crippen molar-refractivity contribution >= 4 is 33.5 Å². The van der Waals surface area contributed by atoms with Gasteiger partial charge in [-0.15, -0.1) is 0 Å². The molecule has 12 heteroatoms. The van der Waals surface area contributed by atoms with Crippen molar-refractivity contribution in [1.82, 2.24) is 9.97 Å². The highest BCUT2D eigenvalue weighted by Gasteiger charge is 2.18. The third-order valence-corrected chi connectivity index (χ3v) is 6.66. The van der Waals surface area contributed by atoms with E-state index in [0.717, 1.165) is 11.1 Å². The van der Waals surface area contributed by atoms with E-state index in [1.807, 2.05) is 6.07 Å². The zero-order chi connectivity index (χ0) is 28.0. The molecule has 200 valence electrons. The van der Waals surface area contributed by atoms with Crippen LogP contribution in [0.2, 0.25) is 0 Å². The lowest BCUT2D eigenvalue weighted by Gasteiger charge is -2.11. The molecule has 1 aromatic heterocycles. The standard InChI is InChI=1S/C27H24N4O7S/c1-17(32)38-22-11-7-18(8-12-22)19-5-4-6-20(15-19)26(33)28-21-9-13-23(14-10-21)39(34,35)31-27-29-24(36-2)16-25(30-27)37-3/h4-16H,1-3H3,(H,28,33)(H,29,30,31). The monoisotopic (exact) mass is 548 g/mol. The van der Waals surface area contributed by atoms with Crippen molar-refractivity contribution < 1.29 is 32.2 Å². The van der Waals surface area contributed by atoms with Crippen molar-refractivity contribution in [3.63, 3.8) is 0 Å². The van der Waals surface area contributed by atoms with Crippen LogP contribution in [0.15, 0.2) is 83.8 Å². The fourth-order valence-corrected chi connectivity index (χ4v) is 4.42. The fourth-order valence-electron chi connectivity index (χ4n) is 3.48. The van der Waals surface area contributed by atoms with Crippen LogP contribution in [0, 0.1) is 0 Å². The third-order valence-electron chi connectivity index (χ3n) is 5.32. The molecule has 0 saturated carbocycles. The number of hydrogen-bond acceptors (Lipinski definition) is 9. The van der Waals surface area contributed by atoms with Gasteiger partial charge in [-0.25, -0.2) is 13.1 Å². The molecule has 0 aliphatic heterocycles. The minimum Gasteiger partial charge on any atom is -0.481 e. The SMILES string of the molecule is COc1cc(OC)nc(NS(=O)(=O)c2ccc(NC(=O)c3cccc(-c4ccc(OC(C)=O)cc4)c3)cc2)n1. The summed E-state index contributed by atoms with van der Waals surface area (Å²) in [5, 5.41) is 2.76. The van der Waals surface area contributed by atoms with E-state index in [-0.39, 0.29) is 28.5 Å². The summed E-state index contributed by atoms with van der Waals surface area (Å²) in [5.41, 5.74) is 2.43. The zero-order valence-corrected chi connectivity index (χ0v) is 22.0. The normalized spacial score (nSPS) is 10.8. The van der Waals surface area contributed by atoms with Gasteiger partial charge in [-0.1, -0.05) is 24.3 Å². The van der Waals surface area contributed by atoms with Crippen LogP contribution in [-0.4, -0.2) is 44.5 Å². The number of rotatable bonds is 9. The van der Waals surface area contributed by atoms with Gasteiger partial charge >= 0.3 is 5.97 Å². The van der Waals surface area contributed by atoms with Crippen molar-refractivity contribution in [1.29, 1.82) is 0 Å². The van der Waals surface area contributed by atoms with E-state index >= 15 is 0 Å². The molecule has 4 rings (SSSR count). The zero-order valence-electron chi connectivity index (χ0n) is 21.2. The van der Waals surface area contributed by atoms with E-state index in [2.05, 4.69) is 20.0 Å². The summed E-state index contributed by atoms with van der Waals surface area (Å²) in [6, 6.07) is 20.9. The maximum atomic E-state index is 12.9. The van der Waals surface area contributed by atoms with Gasteiger partial charge in [-0.05, 0) is 59.7 Å². The molecule has 1 heterocycles. The lowest BCUT2D eigenvalue weighted by Crippen LogP contribution is -2.16. The number of methoxy groups -OCH3 is 2. The van der Waals surface area contributed by atoms with Crippen molar-refractivity contribution in [3.05, 3.63) is 84.4 Å². The predicted octanol–water partition coefficient (Wildman–Crippen LogP) is 4.14. The summed E-state index contributed by atoms with van der Waals surface area (Å²) in [6.07, 6.45) is 0. The Morgan fingerprint density at radius 3 is 2.03 bits per heavy atom. The van der Waals surface area contributed by atoms with Crippen molar-refractivity contribution in [3.8, 4) is 28.6 Å². The number of nitrogens with zero attached hydrogens (tertiary/aromatic N) is 2. The molecule has 3 aromatic carbocycles. The maximum absolute atomic E-state index is 12.9. The van der Waals surface area contributed by atoms with Crippen molar-refractivity contribution in [2.75, 3.05) is 24.3 Å². The lowest BCUT2D eigenvalue weighted by atomic mass is 10.0. The van der Waals surface area contributed by atoms with Gasteiger partial charge < -0.3 is 19.5 Å². The molecule has 0 bridgehead atoms. The minimum atomic E-state index is -4.03. The van der Waals surface area contributed by atoms with Gasteiger partial charge in [-0.2, -0.15) is 9.97 Å². The molecular formula is C27H24N4O7S. The van der Waals surface area contributed by atoms with Crippen LogP contribution in [0.3, 0.4) is 0 Å². The van der Waals surface area contributed by atoms with E-state index in [0.29, 0.717) is 17.0 Å². The highest BCUT2D eigenvalue weighted by molar-refractivity contribution is 7.92. The Balaban J connectivity index is 1.45. The van der Waals surface area contributed by atoms with Crippen LogP contribution in [0.5, 0.6) is 17.5 Å². The maximum Gasteiger partial charge on any atom is 0.308 e. The molecule has 0 atom stereocenters. The number of nitrogens with one attached hydrogen (secondary N) is 2. The van der Waals surface area contributed by atoms with Crippen LogP contribution in [0.4, 0.5) is 11.6 Å². The average Bonchev–Trinajstić information content (AvgIpc) is 2.93. The highest BCUT2D eigenvalue weighted by atomic mass is 32.2. The van der Waals surface area contributed by atoms with Gasteiger partial charge in [0.05, 0.1) is 25.2 Å². The Morgan fingerprint density at radius 2 is 1.44 bits per heavy atom. The number of sulfonamides is 1. The molecule has 0 spiro atoms. The van der Waals surface area contributed by atoms with Crippen molar-refractivity contribution in [2.24, 2.45) is 0 Å². The lowest BCUT2D eigenvalue weighted by molar-refractivity contribution is -0.131. The molecule has 39 heavy (non-hydrogen) atoms. The number of hydrogen-bond donors (Lipinski definition) is 2. The number of ether oxygens (including phenoxy) is 3. The summed E-state index contributed by atoms with van der Waals surface area (Å²) in [4.78, 5) is 31.9. The predicted molar refractivity (Wildman–Crippen MR) is 144 cm³/mol. The minimum absolute atomic E-state index is 0.0647. The average molecular weight is 549 g/mol. The van der Waals surface area contributed by atoms with Crippen LogP contribution in [0.25, 0.3) is 11.1 Å². The van der Waals surface area contributed by atoms with Crippen LogP contribution in [-0.2, 0) is 14.8 Å². The van der Waals surface area contributed by atoms with Gasteiger partial charge in [-0.3, -0.25) is 9.59 Å². The Hall–Kier alpha value is -4.97. The molecule has 0 aliphatic carbocycles. The summed E-state index contributed by atoms with van der Waals surface area (Å²) in [7, 11) is -1.27. The summed E-state index contributed by atoms with van der Waals surface area (Å²) in [5.74, 6) is -0.323. The highest BCUT2D eigenvalue weighted by Crippen LogP contribution is 2.25. The molecule has 0 fully saturated rings. The van der Waals surface area contributed by atoms with E-state index < -0.39 is 16.0 Å². The quantitative estimate of drug-likeness (QED) is 0.233. The first-order valence-electron chi connectivity index (χ1n) is 11.5. The van der Waals surface area contributed by atoms with Crippen LogP contribution >= 0.6 is 0 Å². The summed E-state index contributed by atoms with van der Waals surface area (Å²) >= 11 is 0. The van der Waals surface area contributed by atoms with Gasteiger partial charge in [0.2, 0.25) is 17.7 Å². The van der Waals surface area contributed by atoms with E-state index in [4.69, 9.17) is 14.2 Å². The molecular weight excluding hydrogens is 524 g/mol. The summed E-state index contributed by atoms with van der Waals surface area (Å²) < 4.78 is 43.0. The summed E-state index contributed by atoms with van der Waals surface area (Å²) in [6.45, 7) is 1.33. The second-order valence-corrected chi connectivity index (χ2v) is 9.74. The molecule has 0 unspecified atom stereocenters. The van der Waals surface area contributed by atoms with Gasteiger partial charge in [0.15, 0.2) is 0 Å². The van der Waals surface area contributed by atoms with E-state index in [9.17, 15) is 18.0 Å². The van der Waals surface area contributed by atoms with Gasteiger partial charge in [0.1, 0.15) is 5.75 Å². The number of amides is 1. The number of anilines is 2. The number of benzene rings is 3. The van der Waals surface area contributed by atoms with Crippen molar-refractivity contribution in [2.45, 2.75) is 11.8 Å². The van der Waals surface area contributed by atoms with Gasteiger partial charge in [0.25, 0.3) is 15.9 Å². The molecule has 0 saturated heterocycles. The Bertz CT molecular complexity index is 1580. The van der Waals surface area contributed by atoms with Crippen LogP contribution < -0.4 is 24.2 Å². The number of aromatic nitrogens is 2. The third kappa shape index (κ3) is 6.87. The van der Waals surface area contributed by atoms with Crippen LogP contribution in [0.1, 0.15) is 17.3 Å². The largest absolute Gasteiger partial charge is 0.481 e.